The van der Waals surface area contributed by atoms with E-state index in [4.69, 9.17) is 4.74 Å². The van der Waals surface area contributed by atoms with Gasteiger partial charge in [0.05, 0.1) is 12.7 Å². The highest BCUT2D eigenvalue weighted by atomic mass is 79.9. The Labute approximate surface area is 134 Å². The van der Waals surface area contributed by atoms with Gasteiger partial charge in [-0.2, -0.15) is 4.31 Å². The average Bonchev–Trinajstić information content (AvgIpc) is 2.38. The lowest BCUT2D eigenvalue weighted by atomic mass is 10.2. The fraction of sp³-hybridized carbons (Fsp3) is 0.500. The summed E-state index contributed by atoms with van der Waals surface area (Å²) in [5.74, 6) is -0.756. The predicted molar refractivity (Wildman–Crippen MR) is 81.0 cm³/mol. The van der Waals surface area contributed by atoms with Crippen LogP contribution in [0.1, 0.15) is 6.92 Å². The number of hydrogen-bond acceptors (Lipinski definition) is 3. The molecule has 1 aliphatic rings. The quantitative estimate of drug-likeness (QED) is 0.692. The first kappa shape index (κ1) is 16.4. The van der Waals surface area contributed by atoms with Gasteiger partial charge in [0.25, 0.3) is 0 Å². The minimum Gasteiger partial charge on any atom is -0.374 e. The molecule has 0 saturated carbocycles. The third kappa shape index (κ3) is 3.24. The molecule has 1 saturated heterocycles. The Balaban J connectivity index is 2.38. The molecule has 0 N–H and O–H groups in total. The van der Waals surface area contributed by atoms with Gasteiger partial charge in [-0.15, -0.1) is 0 Å². The third-order valence-electron chi connectivity index (χ3n) is 3.10. The molecule has 20 heavy (non-hydrogen) atoms. The molecule has 0 bridgehead atoms. The number of alkyl halides is 1. The molecule has 2 rings (SSSR count). The van der Waals surface area contributed by atoms with Gasteiger partial charge in [0.15, 0.2) is 0 Å². The van der Waals surface area contributed by atoms with Crippen LogP contribution in [-0.2, 0) is 14.8 Å². The maximum Gasteiger partial charge on any atom is 0.246 e. The highest BCUT2D eigenvalue weighted by molar-refractivity contribution is 9.10. The van der Waals surface area contributed by atoms with Crippen molar-refractivity contribution in [3.8, 4) is 0 Å². The molecule has 0 spiro atoms. The van der Waals surface area contributed by atoms with Gasteiger partial charge in [0, 0.05) is 22.4 Å². The van der Waals surface area contributed by atoms with E-state index in [1.165, 1.54) is 16.4 Å². The van der Waals surface area contributed by atoms with Crippen molar-refractivity contribution < 1.29 is 17.5 Å². The van der Waals surface area contributed by atoms with Crippen molar-refractivity contribution >= 4 is 41.9 Å². The molecule has 0 aliphatic carbocycles. The zero-order chi connectivity index (χ0) is 14.9. The van der Waals surface area contributed by atoms with Crippen molar-refractivity contribution in [2.24, 2.45) is 0 Å². The van der Waals surface area contributed by atoms with E-state index in [9.17, 15) is 12.8 Å². The van der Waals surface area contributed by atoms with Gasteiger partial charge < -0.3 is 4.74 Å². The zero-order valence-electron chi connectivity index (χ0n) is 10.7. The number of rotatable bonds is 3. The van der Waals surface area contributed by atoms with E-state index in [0.29, 0.717) is 16.4 Å². The first-order valence-corrected chi connectivity index (χ1v) is 9.36. The molecule has 0 amide bonds. The summed E-state index contributed by atoms with van der Waals surface area (Å²) in [5, 5.41) is 0.536. The highest BCUT2D eigenvalue weighted by Crippen LogP contribution is 2.26. The fourth-order valence-electron chi connectivity index (χ4n) is 2.03. The number of hydrogen-bond donors (Lipinski definition) is 0. The van der Waals surface area contributed by atoms with Crippen molar-refractivity contribution in [1.82, 2.24) is 4.31 Å². The van der Waals surface area contributed by atoms with Gasteiger partial charge in [-0.05, 0) is 25.1 Å². The topological polar surface area (TPSA) is 46.6 Å². The minimum atomic E-state index is -3.86. The second-order valence-electron chi connectivity index (χ2n) is 4.61. The van der Waals surface area contributed by atoms with Crippen LogP contribution in [0.25, 0.3) is 0 Å². The normalized spacial score (nSPS) is 24.8. The van der Waals surface area contributed by atoms with Gasteiger partial charge in [0.2, 0.25) is 10.0 Å². The van der Waals surface area contributed by atoms with Gasteiger partial charge >= 0.3 is 0 Å². The number of sulfonamides is 1. The third-order valence-corrected chi connectivity index (χ3v) is 6.33. The zero-order valence-corrected chi connectivity index (χ0v) is 14.7. The summed E-state index contributed by atoms with van der Waals surface area (Å²) >= 11 is 6.40. The molecule has 8 heteroatoms. The lowest BCUT2D eigenvalue weighted by Crippen LogP contribution is -2.51. The number of halogens is 3. The maximum atomic E-state index is 13.9. The first-order valence-electron chi connectivity index (χ1n) is 6.00. The Morgan fingerprint density at radius 3 is 2.80 bits per heavy atom. The van der Waals surface area contributed by atoms with Crippen LogP contribution in [0, 0.1) is 5.82 Å². The van der Waals surface area contributed by atoms with Gasteiger partial charge in [0.1, 0.15) is 10.7 Å². The van der Waals surface area contributed by atoms with Crippen LogP contribution in [0.2, 0.25) is 0 Å². The summed E-state index contributed by atoms with van der Waals surface area (Å²) in [5.41, 5.74) is 0. The van der Waals surface area contributed by atoms with Crippen molar-refractivity contribution in [3.63, 3.8) is 0 Å². The largest absolute Gasteiger partial charge is 0.374 e. The van der Waals surface area contributed by atoms with E-state index in [-0.39, 0.29) is 23.6 Å². The van der Waals surface area contributed by atoms with Crippen LogP contribution >= 0.6 is 31.9 Å². The van der Waals surface area contributed by atoms with Crippen LogP contribution in [0.5, 0.6) is 0 Å². The molecular formula is C12H14Br2FNO3S. The second kappa shape index (κ2) is 6.39. The molecular weight excluding hydrogens is 417 g/mol. The summed E-state index contributed by atoms with van der Waals surface area (Å²) in [6.07, 6.45) is -0.223. The fourth-order valence-corrected chi connectivity index (χ4v) is 4.45. The van der Waals surface area contributed by atoms with E-state index in [1.807, 2.05) is 0 Å². The smallest absolute Gasteiger partial charge is 0.246 e. The van der Waals surface area contributed by atoms with E-state index in [0.717, 1.165) is 6.07 Å². The van der Waals surface area contributed by atoms with E-state index in [1.54, 1.807) is 6.92 Å². The van der Waals surface area contributed by atoms with E-state index >= 15 is 0 Å². The van der Waals surface area contributed by atoms with Crippen LogP contribution < -0.4 is 0 Å². The van der Waals surface area contributed by atoms with Crippen LogP contribution in [0.3, 0.4) is 0 Å². The van der Waals surface area contributed by atoms with Crippen LogP contribution in [0.15, 0.2) is 27.6 Å². The number of ether oxygens (including phenoxy) is 1. The van der Waals surface area contributed by atoms with Crippen molar-refractivity contribution in [2.45, 2.75) is 24.0 Å². The Kier molecular flexibility index (Phi) is 5.23. The monoisotopic (exact) mass is 429 g/mol. The summed E-state index contributed by atoms with van der Waals surface area (Å²) in [6.45, 7) is 2.26. The molecule has 1 heterocycles. The SMILES string of the molecule is CC1COC(CBr)CN1S(=O)(=O)c1ccc(Br)cc1F. The van der Waals surface area contributed by atoms with Gasteiger partial charge in [-0.1, -0.05) is 31.9 Å². The lowest BCUT2D eigenvalue weighted by molar-refractivity contribution is -0.0140. The summed E-state index contributed by atoms with van der Waals surface area (Å²) in [7, 11) is -3.86. The molecule has 1 aromatic carbocycles. The number of benzene rings is 1. The molecule has 0 radical (unpaired) electrons. The molecule has 4 nitrogen and oxygen atoms in total. The van der Waals surface area contributed by atoms with Gasteiger partial charge in [-0.25, -0.2) is 12.8 Å². The number of nitrogens with zero attached hydrogens (tertiary/aromatic N) is 1. The Hall–Kier alpha value is -0.0200. The lowest BCUT2D eigenvalue weighted by Gasteiger charge is -2.36. The second-order valence-corrected chi connectivity index (χ2v) is 8.03. The molecule has 2 unspecified atom stereocenters. The minimum absolute atomic E-state index is 0.213. The van der Waals surface area contributed by atoms with E-state index in [2.05, 4.69) is 31.9 Å². The molecule has 1 aromatic rings. The van der Waals surface area contributed by atoms with E-state index < -0.39 is 15.8 Å². The Morgan fingerprint density at radius 1 is 1.50 bits per heavy atom. The Morgan fingerprint density at radius 2 is 2.20 bits per heavy atom. The summed E-state index contributed by atoms with van der Waals surface area (Å²) in [6, 6.07) is 3.63. The van der Waals surface area contributed by atoms with Crippen LogP contribution in [-0.4, -0.2) is 43.4 Å². The van der Waals surface area contributed by atoms with Crippen LogP contribution in [0.4, 0.5) is 4.39 Å². The van der Waals surface area contributed by atoms with Crippen molar-refractivity contribution in [3.05, 3.63) is 28.5 Å². The maximum absolute atomic E-state index is 13.9. The standard InChI is InChI=1S/C12H14Br2FNO3S/c1-8-7-19-10(5-13)6-16(8)20(17,18)12-3-2-9(14)4-11(12)15/h2-4,8,10H,5-7H2,1H3. The molecule has 1 aliphatic heterocycles. The average molecular weight is 431 g/mol. The summed E-state index contributed by atoms with van der Waals surface area (Å²) < 4.78 is 46.4. The first-order chi connectivity index (χ1) is 9.36. The molecule has 2 atom stereocenters. The van der Waals surface area contributed by atoms with Crippen molar-refractivity contribution in [2.75, 3.05) is 18.5 Å². The molecule has 112 valence electrons. The van der Waals surface area contributed by atoms with Crippen molar-refractivity contribution in [1.29, 1.82) is 0 Å². The summed E-state index contributed by atoms with van der Waals surface area (Å²) in [4.78, 5) is -0.303. The number of morpholine rings is 1. The molecule has 1 fully saturated rings. The highest BCUT2D eigenvalue weighted by Gasteiger charge is 2.36. The van der Waals surface area contributed by atoms with Gasteiger partial charge in [-0.3, -0.25) is 0 Å². The molecule has 0 aromatic heterocycles. The predicted octanol–water partition coefficient (Wildman–Crippen LogP) is 2.76. The Bertz CT molecular complexity index is 596.